The molecule has 13 heavy (non-hydrogen) atoms. The molecule has 0 aliphatic rings. The Morgan fingerprint density at radius 1 is 1.00 bits per heavy atom. The third-order valence-corrected chi connectivity index (χ3v) is 1.83. The van der Waals surface area contributed by atoms with Crippen LogP contribution in [0.5, 0.6) is 0 Å². The number of aryl methyl sites for hydroxylation is 2. The van der Waals surface area contributed by atoms with Crippen molar-refractivity contribution in [2.24, 2.45) is 0 Å². The Hall–Kier alpha value is -0.795. The molecule has 0 atom stereocenters. The highest BCUT2D eigenvalue weighted by molar-refractivity contribution is 6.58. The van der Waals surface area contributed by atoms with Crippen LogP contribution in [-0.2, 0) is 0 Å². The predicted octanol–water partition coefficient (Wildman–Crippen LogP) is 1.01. The van der Waals surface area contributed by atoms with Crippen molar-refractivity contribution in [3.8, 4) is 0 Å². The van der Waals surface area contributed by atoms with Gasteiger partial charge in [-0.2, -0.15) is 0 Å². The van der Waals surface area contributed by atoms with Gasteiger partial charge in [0, 0.05) is 0 Å². The fraction of sp³-hybridized carbons (Fsp3) is 0.400. The number of benzene rings is 1. The van der Waals surface area contributed by atoms with E-state index in [0.717, 1.165) is 11.1 Å². The standard InChI is InChI=1S/C8H11BO2.C2H6/c1-6-3-4-8(9(10)11)5-7(6)2;1-2/h3-5,10-11H,1-2H3;1-2H3. The molecule has 1 aromatic carbocycles. The molecule has 0 aliphatic carbocycles. The quantitative estimate of drug-likeness (QED) is 0.633. The van der Waals surface area contributed by atoms with Gasteiger partial charge in [0.15, 0.2) is 0 Å². The molecule has 72 valence electrons. The van der Waals surface area contributed by atoms with Crippen molar-refractivity contribution in [2.45, 2.75) is 27.7 Å². The minimum atomic E-state index is -1.35. The molecule has 0 fully saturated rings. The summed E-state index contributed by atoms with van der Waals surface area (Å²) in [7, 11) is -1.35. The molecule has 0 saturated heterocycles. The van der Waals surface area contributed by atoms with E-state index in [1.807, 2.05) is 33.8 Å². The summed E-state index contributed by atoms with van der Waals surface area (Å²) in [6.07, 6.45) is 0. The molecule has 0 aromatic heterocycles. The van der Waals surface area contributed by atoms with Gasteiger partial charge in [-0.05, 0) is 30.4 Å². The normalized spacial score (nSPS) is 8.77. The first-order chi connectivity index (χ1) is 6.11. The van der Waals surface area contributed by atoms with Gasteiger partial charge in [0.05, 0.1) is 0 Å². The lowest BCUT2D eigenvalue weighted by Crippen LogP contribution is -2.29. The van der Waals surface area contributed by atoms with E-state index in [1.165, 1.54) is 0 Å². The van der Waals surface area contributed by atoms with Crippen LogP contribution in [0.1, 0.15) is 25.0 Å². The molecule has 0 saturated carbocycles. The maximum absolute atomic E-state index is 8.79. The Labute approximate surface area is 80.4 Å². The lowest BCUT2D eigenvalue weighted by molar-refractivity contribution is 0.425. The third-order valence-electron chi connectivity index (χ3n) is 1.83. The first-order valence-electron chi connectivity index (χ1n) is 4.54. The van der Waals surface area contributed by atoms with Crippen molar-refractivity contribution in [1.82, 2.24) is 0 Å². The summed E-state index contributed by atoms with van der Waals surface area (Å²) in [5.41, 5.74) is 2.79. The predicted molar refractivity (Wildman–Crippen MR) is 57.1 cm³/mol. The van der Waals surface area contributed by atoms with E-state index >= 15 is 0 Å². The summed E-state index contributed by atoms with van der Waals surface area (Å²) < 4.78 is 0. The third kappa shape index (κ3) is 3.62. The van der Waals surface area contributed by atoms with Crippen molar-refractivity contribution in [3.63, 3.8) is 0 Å². The molecule has 0 amide bonds. The zero-order valence-corrected chi connectivity index (χ0v) is 8.70. The minimum absolute atomic E-state index is 0.549. The van der Waals surface area contributed by atoms with Gasteiger partial charge in [0.1, 0.15) is 0 Å². The average Bonchev–Trinajstić information content (AvgIpc) is 2.13. The number of hydrogen-bond donors (Lipinski definition) is 2. The molecule has 2 nitrogen and oxygen atoms in total. The SMILES string of the molecule is CC.Cc1ccc(B(O)O)cc1C. The average molecular weight is 180 g/mol. The van der Waals surface area contributed by atoms with Crippen molar-refractivity contribution >= 4 is 12.6 Å². The second-order valence-corrected chi connectivity index (χ2v) is 2.72. The molecule has 0 aliphatic heterocycles. The zero-order valence-electron chi connectivity index (χ0n) is 8.70. The fourth-order valence-corrected chi connectivity index (χ4v) is 0.925. The highest BCUT2D eigenvalue weighted by atomic mass is 16.4. The van der Waals surface area contributed by atoms with Crippen molar-refractivity contribution in [2.75, 3.05) is 0 Å². The van der Waals surface area contributed by atoms with E-state index in [0.29, 0.717) is 5.46 Å². The second kappa shape index (κ2) is 5.78. The summed E-state index contributed by atoms with van der Waals surface area (Å²) in [4.78, 5) is 0. The van der Waals surface area contributed by atoms with E-state index in [4.69, 9.17) is 10.0 Å². The van der Waals surface area contributed by atoms with E-state index in [2.05, 4.69) is 0 Å². The molecule has 0 spiro atoms. The van der Waals surface area contributed by atoms with Crippen LogP contribution in [0.4, 0.5) is 0 Å². The van der Waals surface area contributed by atoms with Gasteiger partial charge >= 0.3 is 7.12 Å². The van der Waals surface area contributed by atoms with E-state index in [1.54, 1.807) is 12.1 Å². The van der Waals surface area contributed by atoms with Crippen LogP contribution in [0.15, 0.2) is 18.2 Å². The Morgan fingerprint density at radius 2 is 1.54 bits per heavy atom. The number of hydrogen-bond acceptors (Lipinski definition) is 2. The Bertz CT molecular complexity index is 259. The first-order valence-corrected chi connectivity index (χ1v) is 4.54. The van der Waals surface area contributed by atoms with Crippen molar-refractivity contribution in [3.05, 3.63) is 29.3 Å². The van der Waals surface area contributed by atoms with Gasteiger partial charge in [-0.15, -0.1) is 0 Å². The molecule has 0 bridgehead atoms. The van der Waals surface area contributed by atoms with Crippen LogP contribution in [0.3, 0.4) is 0 Å². The molecular formula is C10H17BO2. The molecular weight excluding hydrogens is 163 g/mol. The largest absolute Gasteiger partial charge is 0.488 e. The highest BCUT2D eigenvalue weighted by Crippen LogP contribution is 2.02. The zero-order chi connectivity index (χ0) is 10.4. The minimum Gasteiger partial charge on any atom is -0.423 e. The molecule has 0 radical (unpaired) electrons. The van der Waals surface area contributed by atoms with Gasteiger partial charge < -0.3 is 10.0 Å². The van der Waals surface area contributed by atoms with Gasteiger partial charge in [0.25, 0.3) is 0 Å². The summed E-state index contributed by atoms with van der Waals surface area (Å²) in [6.45, 7) is 7.93. The summed E-state index contributed by atoms with van der Waals surface area (Å²) in [5, 5.41) is 17.6. The Kier molecular flexibility index (Phi) is 5.43. The summed E-state index contributed by atoms with van der Waals surface area (Å²) in [5.74, 6) is 0. The molecule has 1 aromatic rings. The van der Waals surface area contributed by atoms with Crippen LogP contribution in [0.2, 0.25) is 0 Å². The molecule has 0 unspecified atom stereocenters. The fourth-order valence-electron chi connectivity index (χ4n) is 0.925. The number of rotatable bonds is 1. The summed E-state index contributed by atoms with van der Waals surface area (Å²) >= 11 is 0. The topological polar surface area (TPSA) is 40.5 Å². The summed E-state index contributed by atoms with van der Waals surface area (Å²) in [6, 6.07) is 5.37. The van der Waals surface area contributed by atoms with Crippen molar-refractivity contribution in [1.29, 1.82) is 0 Å². The molecule has 1 rings (SSSR count). The van der Waals surface area contributed by atoms with Gasteiger partial charge in [0.2, 0.25) is 0 Å². The first kappa shape index (κ1) is 12.2. The van der Waals surface area contributed by atoms with Crippen molar-refractivity contribution < 1.29 is 10.0 Å². The van der Waals surface area contributed by atoms with Gasteiger partial charge in [-0.25, -0.2) is 0 Å². The van der Waals surface area contributed by atoms with Crippen LogP contribution in [0, 0.1) is 13.8 Å². The maximum atomic E-state index is 8.79. The highest BCUT2D eigenvalue weighted by Gasteiger charge is 2.10. The maximum Gasteiger partial charge on any atom is 0.488 e. The second-order valence-electron chi connectivity index (χ2n) is 2.72. The van der Waals surface area contributed by atoms with E-state index in [-0.39, 0.29) is 0 Å². The lowest BCUT2D eigenvalue weighted by Gasteiger charge is -2.02. The van der Waals surface area contributed by atoms with Gasteiger partial charge in [-0.3, -0.25) is 0 Å². The van der Waals surface area contributed by atoms with Crippen LogP contribution < -0.4 is 5.46 Å². The Balaban J connectivity index is 0.000000671. The lowest BCUT2D eigenvalue weighted by atomic mass is 9.79. The van der Waals surface area contributed by atoms with E-state index in [9.17, 15) is 0 Å². The van der Waals surface area contributed by atoms with Crippen LogP contribution >= 0.6 is 0 Å². The van der Waals surface area contributed by atoms with Crippen LogP contribution in [-0.4, -0.2) is 17.2 Å². The van der Waals surface area contributed by atoms with E-state index < -0.39 is 7.12 Å². The molecule has 2 N–H and O–H groups in total. The van der Waals surface area contributed by atoms with Crippen LogP contribution in [0.25, 0.3) is 0 Å². The monoisotopic (exact) mass is 180 g/mol. The smallest absolute Gasteiger partial charge is 0.423 e. The molecule has 0 heterocycles. The Morgan fingerprint density at radius 3 is 1.92 bits per heavy atom. The van der Waals surface area contributed by atoms with Gasteiger partial charge in [-0.1, -0.05) is 32.0 Å². The molecule has 3 heteroatoms.